The minimum atomic E-state index is -0.0389. The molecule has 4 heteroatoms. The molecule has 2 rings (SSSR count). The van der Waals surface area contributed by atoms with Crippen LogP contribution in [0.15, 0.2) is 24.3 Å². The molecule has 0 bridgehead atoms. The molecule has 1 aromatic rings. The minimum absolute atomic E-state index is 0.00368. The van der Waals surface area contributed by atoms with Gasteiger partial charge >= 0.3 is 0 Å². The zero-order chi connectivity index (χ0) is 17.4. The van der Waals surface area contributed by atoms with E-state index in [9.17, 15) is 4.79 Å². The molecule has 24 heavy (non-hydrogen) atoms. The van der Waals surface area contributed by atoms with Gasteiger partial charge in [0.1, 0.15) is 5.75 Å². The monoisotopic (exact) mass is 349 g/mol. The molecule has 0 saturated heterocycles. The fraction of sp³-hybridized carbons (Fsp3) is 0.650. The van der Waals surface area contributed by atoms with Gasteiger partial charge in [-0.25, -0.2) is 0 Å². The molecule has 0 aliphatic heterocycles. The molecule has 1 amide bonds. The Morgan fingerprint density at radius 2 is 1.92 bits per heavy atom. The zero-order valence-electron chi connectivity index (χ0n) is 15.3. The average Bonchev–Trinajstić information content (AvgIpc) is 2.57. The van der Waals surface area contributed by atoms with Gasteiger partial charge in [0, 0.05) is 17.5 Å². The first-order valence-electron chi connectivity index (χ1n) is 9.07. The van der Waals surface area contributed by atoms with Gasteiger partial charge in [0.05, 0.1) is 0 Å². The van der Waals surface area contributed by atoms with Crippen molar-refractivity contribution >= 4 is 17.7 Å². The summed E-state index contributed by atoms with van der Waals surface area (Å²) in [5.41, 5.74) is 1.13. The van der Waals surface area contributed by atoms with Crippen LogP contribution in [-0.2, 0) is 10.2 Å². The zero-order valence-corrected chi connectivity index (χ0v) is 16.1. The van der Waals surface area contributed by atoms with E-state index in [4.69, 9.17) is 4.74 Å². The number of carbonyl (C=O) groups is 1. The maximum absolute atomic E-state index is 12.0. The Morgan fingerprint density at radius 3 is 2.62 bits per heavy atom. The first-order chi connectivity index (χ1) is 11.5. The summed E-state index contributed by atoms with van der Waals surface area (Å²) in [5, 5.41) is 3.76. The molecule has 0 heterocycles. The number of rotatable bonds is 7. The van der Waals surface area contributed by atoms with Crippen LogP contribution in [0.1, 0.15) is 58.4 Å². The first-order valence-corrected chi connectivity index (χ1v) is 10.1. The van der Waals surface area contributed by atoms with Crippen LogP contribution in [0.4, 0.5) is 0 Å². The van der Waals surface area contributed by atoms with Gasteiger partial charge in [-0.2, -0.15) is 11.8 Å². The SMILES string of the molecule is CC(C)(C)c1ccccc1OCC(=O)NCCSC1CCCCC1. The molecule has 1 fully saturated rings. The standard InChI is InChI=1S/C20H31NO2S/c1-20(2,3)17-11-7-8-12-18(17)23-15-19(22)21-13-14-24-16-9-5-4-6-10-16/h7-8,11-12,16H,4-6,9-10,13-15H2,1-3H3,(H,21,22). The Labute approximate surface area is 150 Å². The Bertz CT molecular complexity index is 519. The number of ether oxygens (including phenoxy) is 1. The molecule has 0 spiro atoms. The maximum atomic E-state index is 12.0. The molecular formula is C20H31NO2S. The van der Waals surface area contributed by atoms with Crippen LogP contribution in [0, 0.1) is 0 Å². The smallest absolute Gasteiger partial charge is 0.257 e. The van der Waals surface area contributed by atoms with E-state index in [0.717, 1.165) is 28.9 Å². The third kappa shape index (κ3) is 6.39. The second kappa shape index (κ2) is 9.36. The third-order valence-electron chi connectivity index (χ3n) is 4.38. The Balaban J connectivity index is 1.68. The Hall–Kier alpha value is -1.16. The summed E-state index contributed by atoms with van der Waals surface area (Å²) in [6, 6.07) is 7.96. The van der Waals surface area contributed by atoms with E-state index in [2.05, 4.69) is 32.2 Å². The minimum Gasteiger partial charge on any atom is -0.483 e. The number of benzene rings is 1. The molecule has 0 radical (unpaired) electrons. The van der Waals surface area contributed by atoms with E-state index in [1.165, 1.54) is 32.1 Å². The lowest BCUT2D eigenvalue weighted by Crippen LogP contribution is -2.31. The number of thioether (sulfide) groups is 1. The van der Waals surface area contributed by atoms with Crippen molar-refractivity contribution in [1.82, 2.24) is 5.32 Å². The maximum Gasteiger partial charge on any atom is 0.257 e. The van der Waals surface area contributed by atoms with Crippen molar-refractivity contribution in [3.05, 3.63) is 29.8 Å². The molecule has 1 aliphatic carbocycles. The van der Waals surface area contributed by atoms with Gasteiger partial charge in [-0.1, -0.05) is 58.2 Å². The largest absolute Gasteiger partial charge is 0.483 e. The first kappa shape index (κ1) is 19.2. The molecule has 1 N–H and O–H groups in total. The summed E-state index contributed by atoms with van der Waals surface area (Å²) in [5.74, 6) is 1.76. The van der Waals surface area contributed by atoms with Gasteiger partial charge in [0.15, 0.2) is 6.61 Å². The lowest BCUT2D eigenvalue weighted by Gasteiger charge is -2.22. The summed E-state index contributed by atoms with van der Waals surface area (Å²) in [4.78, 5) is 12.0. The van der Waals surface area contributed by atoms with Gasteiger partial charge in [-0.3, -0.25) is 4.79 Å². The van der Waals surface area contributed by atoms with Crippen LogP contribution in [0.25, 0.3) is 0 Å². The molecular weight excluding hydrogens is 318 g/mol. The molecule has 0 unspecified atom stereocenters. The van der Waals surface area contributed by atoms with Crippen LogP contribution < -0.4 is 10.1 Å². The molecule has 134 valence electrons. The molecule has 0 atom stereocenters. The van der Waals surface area contributed by atoms with Crippen molar-refractivity contribution in [2.45, 2.75) is 63.5 Å². The summed E-state index contributed by atoms with van der Waals surface area (Å²) < 4.78 is 5.75. The van der Waals surface area contributed by atoms with Crippen LogP contribution >= 0.6 is 11.8 Å². The highest BCUT2D eigenvalue weighted by Gasteiger charge is 2.19. The van der Waals surface area contributed by atoms with Crippen LogP contribution in [-0.4, -0.2) is 30.1 Å². The second-order valence-electron chi connectivity index (χ2n) is 7.52. The van der Waals surface area contributed by atoms with Crippen molar-refractivity contribution in [3.8, 4) is 5.75 Å². The van der Waals surface area contributed by atoms with Gasteiger partial charge in [0.2, 0.25) is 0 Å². The molecule has 1 aromatic carbocycles. The molecule has 1 aliphatic rings. The van der Waals surface area contributed by atoms with Crippen molar-refractivity contribution in [1.29, 1.82) is 0 Å². The van der Waals surface area contributed by atoms with Crippen molar-refractivity contribution in [3.63, 3.8) is 0 Å². The number of hydrogen-bond donors (Lipinski definition) is 1. The Kier molecular flexibility index (Phi) is 7.47. The van der Waals surface area contributed by atoms with E-state index >= 15 is 0 Å². The van der Waals surface area contributed by atoms with Crippen LogP contribution in [0.3, 0.4) is 0 Å². The van der Waals surface area contributed by atoms with Crippen LogP contribution in [0.2, 0.25) is 0 Å². The number of hydrogen-bond acceptors (Lipinski definition) is 3. The number of para-hydroxylation sites is 1. The highest BCUT2D eigenvalue weighted by Crippen LogP contribution is 2.31. The number of nitrogens with one attached hydrogen (secondary N) is 1. The summed E-state index contributed by atoms with van der Waals surface area (Å²) >= 11 is 2.00. The third-order valence-corrected chi connectivity index (χ3v) is 5.77. The Morgan fingerprint density at radius 1 is 1.21 bits per heavy atom. The highest BCUT2D eigenvalue weighted by atomic mass is 32.2. The van der Waals surface area contributed by atoms with Gasteiger partial charge < -0.3 is 10.1 Å². The van der Waals surface area contributed by atoms with E-state index < -0.39 is 0 Å². The average molecular weight is 350 g/mol. The summed E-state index contributed by atoms with van der Waals surface area (Å²) in [6.45, 7) is 7.26. The summed E-state index contributed by atoms with van der Waals surface area (Å²) in [7, 11) is 0. The van der Waals surface area contributed by atoms with Gasteiger partial charge in [-0.15, -0.1) is 0 Å². The van der Waals surface area contributed by atoms with E-state index in [1.807, 2.05) is 30.0 Å². The quantitative estimate of drug-likeness (QED) is 0.734. The predicted molar refractivity (Wildman–Crippen MR) is 103 cm³/mol. The lowest BCUT2D eigenvalue weighted by atomic mass is 9.86. The van der Waals surface area contributed by atoms with E-state index in [-0.39, 0.29) is 17.9 Å². The van der Waals surface area contributed by atoms with Crippen molar-refractivity contribution in [2.24, 2.45) is 0 Å². The molecule has 0 aromatic heterocycles. The van der Waals surface area contributed by atoms with Crippen LogP contribution in [0.5, 0.6) is 5.75 Å². The lowest BCUT2D eigenvalue weighted by molar-refractivity contribution is -0.122. The van der Waals surface area contributed by atoms with Gasteiger partial charge in [0.25, 0.3) is 5.91 Å². The highest BCUT2D eigenvalue weighted by molar-refractivity contribution is 7.99. The second-order valence-corrected chi connectivity index (χ2v) is 8.92. The summed E-state index contributed by atoms with van der Waals surface area (Å²) in [6.07, 6.45) is 6.80. The van der Waals surface area contributed by atoms with Crippen molar-refractivity contribution in [2.75, 3.05) is 18.9 Å². The number of carbonyl (C=O) groups excluding carboxylic acids is 1. The number of amides is 1. The molecule has 3 nitrogen and oxygen atoms in total. The fourth-order valence-corrected chi connectivity index (χ4v) is 4.27. The van der Waals surface area contributed by atoms with Crippen molar-refractivity contribution < 1.29 is 9.53 Å². The van der Waals surface area contributed by atoms with E-state index in [0.29, 0.717) is 0 Å². The predicted octanol–water partition coefficient (Wildman–Crippen LogP) is 4.55. The van der Waals surface area contributed by atoms with Gasteiger partial charge in [-0.05, 0) is 29.9 Å². The molecule has 1 saturated carbocycles. The normalized spacial score (nSPS) is 16.0. The topological polar surface area (TPSA) is 38.3 Å². The fourth-order valence-electron chi connectivity index (χ4n) is 3.05. The van der Waals surface area contributed by atoms with E-state index in [1.54, 1.807) is 0 Å².